The number of benzene rings is 1. The van der Waals surface area contributed by atoms with Crippen LogP contribution in [-0.4, -0.2) is 22.7 Å². The van der Waals surface area contributed by atoms with E-state index in [1.165, 1.54) is 0 Å². The molecule has 0 unspecified atom stereocenters. The Labute approximate surface area is 94.0 Å². The number of carbonyl (C=O) groups is 3. The van der Waals surface area contributed by atoms with Crippen LogP contribution in [0.15, 0.2) is 18.2 Å². The van der Waals surface area contributed by atoms with E-state index in [9.17, 15) is 23.2 Å². The molecule has 0 atom stereocenters. The van der Waals surface area contributed by atoms with Gasteiger partial charge >= 0.3 is 17.8 Å². The molecule has 17 heavy (non-hydrogen) atoms. The minimum atomic E-state index is -1.06. The predicted molar refractivity (Wildman–Crippen MR) is 50.4 cm³/mol. The van der Waals surface area contributed by atoms with E-state index in [4.69, 9.17) is 0 Å². The molecule has 2 rings (SSSR count). The third-order valence-corrected chi connectivity index (χ3v) is 2.25. The number of carbonyl (C=O) groups excluding carboxylic acids is 3. The molecular weight excluding hydrogens is 234 g/mol. The van der Waals surface area contributed by atoms with E-state index in [1.807, 2.05) is 0 Å². The Morgan fingerprint density at radius 1 is 1.18 bits per heavy atom. The molecule has 0 spiro atoms. The topological polar surface area (TPSA) is 66.5 Å². The summed E-state index contributed by atoms with van der Waals surface area (Å²) in [6.07, 6.45) is 0. The Kier molecular flexibility index (Phi) is 2.58. The average Bonchev–Trinajstić information content (AvgIpc) is 2.48. The second-order valence-corrected chi connectivity index (χ2v) is 3.39. The van der Waals surface area contributed by atoms with Crippen molar-refractivity contribution in [2.75, 3.05) is 0 Å². The summed E-state index contributed by atoms with van der Waals surface area (Å²) < 4.78 is 25.9. The Bertz CT molecular complexity index is 530. The van der Waals surface area contributed by atoms with Crippen LogP contribution in [0.4, 0.5) is 13.6 Å². The van der Waals surface area contributed by atoms with Crippen molar-refractivity contribution in [1.29, 1.82) is 0 Å². The van der Waals surface area contributed by atoms with Crippen molar-refractivity contribution < 1.29 is 23.2 Å². The fourth-order valence-corrected chi connectivity index (χ4v) is 1.40. The van der Waals surface area contributed by atoms with E-state index in [0.29, 0.717) is 11.0 Å². The van der Waals surface area contributed by atoms with Gasteiger partial charge in [0.05, 0.1) is 6.54 Å². The van der Waals surface area contributed by atoms with E-state index in [0.717, 1.165) is 12.1 Å². The van der Waals surface area contributed by atoms with Crippen LogP contribution in [0.3, 0.4) is 0 Å². The maximum Gasteiger partial charge on any atom is 0.331 e. The minimum absolute atomic E-state index is 0.0513. The van der Waals surface area contributed by atoms with Gasteiger partial charge in [-0.05, 0) is 6.07 Å². The number of nitrogens with one attached hydrogen (secondary N) is 1. The van der Waals surface area contributed by atoms with Crippen LogP contribution in [0.5, 0.6) is 0 Å². The van der Waals surface area contributed by atoms with Crippen molar-refractivity contribution in [2.45, 2.75) is 6.54 Å². The van der Waals surface area contributed by atoms with Gasteiger partial charge in [0.15, 0.2) is 0 Å². The lowest BCUT2D eigenvalue weighted by molar-refractivity contribution is -0.140. The summed E-state index contributed by atoms with van der Waals surface area (Å²) in [6, 6.07) is 1.83. The lowest BCUT2D eigenvalue weighted by Gasteiger charge is -2.11. The Morgan fingerprint density at radius 3 is 2.41 bits per heavy atom. The van der Waals surface area contributed by atoms with Gasteiger partial charge in [-0.15, -0.1) is 0 Å². The zero-order valence-corrected chi connectivity index (χ0v) is 8.37. The van der Waals surface area contributed by atoms with Crippen LogP contribution in [0.25, 0.3) is 0 Å². The first-order valence-electron chi connectivity index (χ1n) is 4.60. The Balaban J connectivity index is 2.24. The SMILES string of the molecule is O=C1NC(=O)N(Cc2ccc(F)cc2F)C1=O. The van der Waals surface area contributed by atoms with Gasteiger partial charge in [0, 0.05) is 11.6 Å². The summed E-state index contributed by atoms with van der Waals surface area (Å²) in [5, 5.41) is 1.77. The molecule has 4 amide bonds. The molecule has 1 N–H and O–H groups in total. The molecule has 1 fully saturated rings. The molecule has 1 aromatic rings. The third kappa shape index (κ3) is 1.99. The molecule has 88 valence electrons. The highest BCUT2D eigenvalue weighted by Gasteiger charge is 2.37. The second kappa shape index (κ2) is 3.93. The second-order valence-electron chi connectivity index (χ2n) is 3.39. The lowest BCUT2D eigenvalue weighted by Crippen LogP contribution is -2.30. The number of hydrogen-bond acceptors (Lipinski definition) is 3. The summed E-state index contributed by atoms with van der Waals surface area (Å²) in [5.74, 6) is -3.76. The molecule has 5 nitrogen and oxygen atoms in total. The van der Waals surface area contributed by atoms with Crippen LogP contribution in [0.1, 0.15) is 5.56 Å². The van der Waals surface area contributed by atoms with Gasteiger partial charge in [0.1, 0.15) is 11.6 Å². The molecule has 1 aliphatic heterocycles. The van der Waals surface area contributed by atoms with E-state index in [2.05, 4.69) is 0 Å². The normalized spacial score (nSPS) is 15.4. The fourth-order valence-electron chi connectivity index (χ4n) is 1.40. The van der Waals surface area contributed by atoms with Gasteiger partial charge in [-0.1, -0.05) is 6.07 Å². The van der Waals surface area contributed by atoms with Gasteiger partial charge in [-0.3, -0.25) is 19.8 Å². The molecule has 1 aliphatic rings. The highest BCUT2D eigenvalue weighted by Crippen LogP contribution is 2.14. The molecule has 0 aliphatic carbocycles. The standard InChI is InChI=1S/C10H6F2N2O3/c11-6-2-1-5(7(12)3-6)4-14-9(16)8(15)13-10(14)17/h1-3H,4H2,(H,13,15,17). The summed E-state index contributed by atoms with van der Waals surface area (Å²) in [5.41, 5.74) is -0.0513. The molecule has 1 aromatic carbocycles. The summed E-state index contributed by atoms with van der Waals surface area (Å²) in [7, 11) is 0. The number of halogens is 2. The number of urea groups is 1. The zero-order chi connectivity index (χ0) is 12.6. The first-order chi connectivity index (χ1) is 7.99. The highest BCUT2D eigenvalue weighted by molar-refractivity contribution is 6.44. The van der Waals surface area contributed by atoms with Crippen molar-refractivity contribution in [3.63, 3.8) is 0 Å². The maximum absolute atomic E-state index is 13.3. The summed E-state index contributed by atoms with van der Waals surface area (Å²) >= 11 is 0. The lowest BCUT2D eigenvalue weighted by atomic mass is 10.2. The molecule has 1 heterocycles. The van der Waals surface area contributed by atoms with Crippen molar-refractivity contribution in [3.05, 3.63) is 35.4 Å². The van der Waals surface area contributed by atoms with Crippen molar-refractivity contribution in [1.82, 2.24) is 10.2 Å². The summed E-state index contributed by atoms with van der Waals surface area (Å²) in [6.45, 7) is -0.414. The van der Waals surface area contributed by atoms with Gasteiger partial charge in [-0.25, -0.2) is 13.6 Å². The van der Waals surface area contributed by atoms with E-state index < -0.39 is 36.0 Å². The van der Waals surface area contributed by atoms with Crippen LogP contribution >= 0.6 is 0 Å². The number of amides is 4. The van der Waals surface area contributed by atoms with Gasteiger partial charge < -0.3 is 0 Å². The van der Waals surface area contributed by atoms with Crippen LogP contribution in [0, 0.1) is 11.6 Å². The highest BCUT2D eigenvalue weighted by atomic mass is 19.1. The van der Waals surface area contributed by atoms with Crippen molar-refractivity contribution in [3.8, 4) is 0 Å². The smallest absolute Gasteiger partial charge is 0.269 e. The first kappa shape index (κ1) is 11.2. The fraction of sp³-hybridized carbons (Fsp3) is 0.100. The first-order valence-corrected chi connectivity index (χ1v) is 4.60. The van der Waals surface area contributed by atoms with E-state index >= 15 is 0 Å². The van der Waals surface area contributed by atoms with E-state index in [1.54, 1.807) is 5.32 Å². The average molecular weight is 240 g/mol. The molecule has 0 saturated carbocycles. The molecule has 7 heteroatoms. The van der Waals surface area contributed by atoms with Crippen LogP contribution in [0.2, 0.25) is 0 Å². The van der Waals surface area contributed by atoms with Crippen LogP contribution < -0.4 is 5.32 Å². The van der Waals surface area contributed by atoms with Crippen LogP contribution in [-0.2, 0) is 16.1 Å². The molecule has 0 aromatic heterocycles. The predicted octanol–water partition coefficient (Wildman–Crippen LogP) is 0.543. The Hall–Kier alpha value is -2.31. The molecule has 0 radical (unpaired) electrons. The quantitative estimate of drug-likeness (QED) is 0.606. The molecular formula is C10H6F2N2O3. The minimum Gasteiger partial charge on any atom is -0.269 e. The summed E-state index contributed by atoms with van der Waals surface area (Å²) in [4.78, 5) is 33.8. The molecule has 1 saturated heterocycles. The largest absolute Gasteiger partial charge is 0.331 e. The van der Waals surface area contributed by atoms with Crippen molar-refractivity contribution in [2.24, 2.45) is 0 Å². The van der Waals surface area contributed by atoms with Gasteiger partial charge in [-0.2, -0.15) is 0 Å². The van der Waals surface area contributed by atoms with Gasteiger partial charge in [0.25, 0.3) is 0 Å². The Morgan fingerprint density at radius 2 is 1.88 bits per heavy atom. The van der Waals surface area contributed by atoms with Crippen molar-refractivity contribution >= 4 is 17.8 Å². The number of rotatable bonds is 2. The molecule has 0 bridgehead atoms. The number of imide groups is 2. The van der Waals surface area contributed by atoms with Gasteiger partial charge in [0.2, 0.25) is 0 Å². The number of nitrogens with zero attached hydrogens (tertiary/aromatic N) is 1. The third-order valence-electron chi connectivity index (χ3n) is 2.25. The zero-order valence-electron chi connectivity index (χ0n) is 8.37. The van der Waals surface area contributed by atoms with E-state index in [-0.39, 0.29) is 5.56 Å². The monoisotopic (exact) mass is 240 g/mol. The number of hydrogen-bond donors (Lipinski definition) is 1. The maximum atomic E-state index is 13.3.